The normalized spacial score (nSPS) is 12.1. The molecule has 2 aromatic carbocycles. The molecule has 1 atom stereocenters. The Kier molecular flexibility index (Phi) is 11.3. The van der Waals surface area contributed by atoms with E-state index in [0.29, 0.717) is 70.1 Å². The van der Waals surface area contributed by atoms with Crippen LogP contribution in [0.15, 0.2) is 72.2 Å². The highest BCUT2D eigenvalue weighted by Gasteiger charge is 2.28. The Morgan fingerprint density at radius 3 is 2.40 bits per heavy atom. The summed E-state index contributed by atoms with van der Waals surface area (Å²) in [4.78, 5) is 37.2. The molecule has 0 fully saturated rings. The number of carbonyl (C=O) groups excluding carboxylic acids is 2. The van der Waals surface area contributed by atoms with E-state index < -0.39 is 0 Å². The SMILES string of the molecule is C=CCCN(/C(=N/C)c1cc(Cl)c(-c2ccccc2Cl)nc1N(C=O)c1ccccc1C(C)C)C(C)CNC=O. The van der Waals surface area contributed by atoms with E-state index >= 15 is 0 Å². The maximum Gasteiger partial charge on any atom is 0.219 e. The molecule has 2 amide bonds. The number of hydrogen-bond donors (Lipinski definition) is 1. The Morgan fingerprint density at radius 1 is 1.07 bits per heavy atom. The van der Waals surface area contributed by atoms with Gasteiger partial charge in [-0.15, -0.1) is 6.58 Å². The fourth-order valence-electron chi connectivity index (χ4n) is 4.58. The standard InChI is InChI=1S/C31H35Cl2N5O2/c1-6-7-16-37(22(4)18-35-19-39)30(34-5)25-17-27(33)29(24-13-8-10-14-26(24)32)36-31(25)38(20-40)28-15-11-9-12-23(28)21(2)3/h6,8-15,17,19-22H,1,7,16,18H2,2-5H3,(H,35,39)/b34-30+. The van der Waals surface area contributed by atoms with Crippen molar-refractivity contribution < 1.29 is 9.59 Å². The van der Waals surface area contributed by atoms with Crippen LogP contribution in [0.2, 0.25) is 10.0 Å². The summed E-state index contributed by atoms with van der Waals surface area (Å²) in [5.41, 5.74) is 3.35. The van der Waals surface area contributed by atoms with Crippen LogP contribution in [0.5, 0.6) is 0 Å². The van der Waals surface area contributed by atoms with Crippen LogP contribution in [0.25, 0.3) is 11.3 Å². The minimum atomic E-state index is -0.133. The molecule has 9 heteroatoms. The van der Waals surface area contributed by atoms with Crippen molar-refractivity contribution in [1.29, 1.82) is 0 Å². The first-order valence-electron chi connectivity index (χ1n) is 13.1. The third-order valence-electron chi connectivity index (χ3n) is 6.56. The molecule has 0 bridgehead atoms. The molecule has 1 heterocycles. The maximum atomic E-state index is 12.9. The van der Waals surface area contributed by atoms with Crippen molar-refractivity contribution in [3.8, 4) is 11.3 Å². The molecule has 210 valence electrons. The Bertz CT molecular complexity index is 1380. The highest BCUT2D eigenvalue weighted by molar-refractivity contribution is 6.36. The third kappa shape index (κ3) is 6.90. The Hall–Kier alpha value is -3.68. The van der Waals surface area contributed by atoms with E-state index in [1.165, 1.54) is 4.90 Å². The first kappa shape index (κ1) is 30.9. The second kappa shape index (κ2) is 14.6. The van der Waals surface area contributed by atoms with Gasteiger partial charge in [-0.2, -0.15) is 0 Å². The number of carbonyl (C=O) groups is 2. The minimum absolute atomic E-state index is 0.133. The molecule has 0 saturated carbocycles. The fraction of sp³-hybridized carbons (Fsp3) is 0.290. The van der Waals surface area contributed by atoms with E-state index in [1.807, 2.05) is 55.5 Å². The molecular weight excluding hydrogens is 545 g/mol. The third-order valence-corrected chi connectivity index (χ3v) is 7.18. The summed E-state index contributed by atoms with van der Waals surface area (Å²) in [5, 5.41) is 3.60. The molecule has 0 spiro atoms. The van der Waals surface area contributed by atoms with E-state index in [9.17, 15) is 9.59 Å². The van der Waals surface area contributed by atoms with E-state index in [-0.39, 0.29) is 12.0 Å². The lowest BCUT2D eigenvalue weighted by atomic mass is 10.00. The van der Waals surface area contributed by atoms with Gasteiger partial charge < -0.3 is 10.2 Å². The second-order valence-electron chi connectivity index (χ2n) is 9.55. The summed E-state index contributed by atoms with van der Waals surface area (Å²) in [5.74, 6) is 1.09. The Balaban J connectivity index is 2.34. The predicted molar refractivity (Wildman–Crippen MR) is 166 cm³/mol. The van der Waals surface area contributed by atoms with Crippen molar-refractivity contribution in [3.63, 3.8) is 0 Å². The van der Waals surface area contributed by atoms with Gasteiger partial charge in [0.15, 0.2) is 5.82 Å². The van der Waals surface area contributed by atoms with Gasteiger partial charge in [0.05, 0.1) is 27.0 Å². The molecular formula is C31H35Cl2N5O2. The molecule has 1 unspecified atom stereocenters. The van der Waals surface area contributed by atoms with Crippen molar-refractivity contribution >= 4 is 53.4 Å². The summed E-state index contributed by atoms with van der Waals surface area (Å²) in [7, 11) is 1.68. The number of rotatable bonds is 13. The summed E-state index contributed by atoms with van der Waals surface area (Å²) < 4.78 is 0. The average Bonchev–Trinajstić information content (AvgIpc) is 2.95. The smallest absolute Gasteiger partial charge is 0.219 e. The lowest BCUT2D eigenvalue weighted by Gasteiger charge is -2.34. The molecule has 0 radical (unpaired) electrons. The number of amides is 2. The number of aliphatic imine (C=N–C) groups is 1. The number of pyridine rings is 1. The number of nitrogens with one attached hydrogen (secondary N) is 1. The van der Waals surface area contributed by atoms with Gasteiger partial charge >= 0.3 is 0 Å². The zero-order valence-electron chi connectivity index (χ0n) is 23.3. The Morgan fingerprint density at radius 2 is 1.77 bits per heavy atom. The van der Waals surface area contributed by atoms with Gasteiger partial charge in [-0.05, 0) is 43.0 Å². The maximum absolute atomic E-state index is 12.9. The largest absolute Gasteiger partial charge is 0.357 e. The van der Waals surface area contributed by atoms with Crippen LogP contribution in [0.1, 0.15) is 44.2 Å². The van der Waals surface area contributed by atoms with Gasteiger partial charge in [-0.3, -0.25) is 19.5 Å². The molecule has 0 aliphatic rings. The minimum Gasteiger partial charge on any atom is -0.357 e. The topological polar surface area (TPSA) is 77.9 Å². The average molecular weight is 581 g/mol. The van der Waals surface area contributed by atoms with Gasteiger partial charge in [-0.1, -0.05) is 79.5 Å². The molecule has 0 aliphatic heterocycles. The highest BCUT2D eigenvalue weighted by atomic mass is 35.5. The summed E-state index contributed by atoms with van der Waals surface area (Å²) in [6, 6.07) is 16.7. The van der Waals surface area contributed by atoms with Gasteiger partial charge in [0, 0.05) is 31.7 Å². The summed E-state index contributed by atoms with van der Waals surface area (Å²) in [6.07, 6.45) is 3.93. The van der Waals surface area contributed by atoms with E-state index in [4.69, 9.17) is 28.2 Å². The van der Waals surface area contributed by atoms with Gasteiger partial charge in [0.1, 0.15) is 5.84 Å². The quantitative estimate of drug-likeness (QED) is 0.104. The molecule has 0 aliphatic carbocycles. The van der Waals surface area contributed by atoms with E-state index in [1.54, 1.807) is 19.2 Å². The second-order valence-corrected chi connectivity index (χ2v) is 10.4. The fourth-order valence-corrected chi connectivity index (χ4v) is 5.06. The molecule has 40 heavy (non-hydrogen) atoms. The number of hydrogen-bond acceptors (Lipinski definition) is 4. The predicted octanol–water partition coefficient (Wildman–Crippen LogP) is 6.86. The number of para-hydroxylation sites is 1. The summed E-state index contributed by atoms with van der Waals surface area (Å²) in [6.45, 7) is 11.0. The van der Waals surface area contributed by atoms with Crippen LogP contribution in [-0.4, -0.2) is 54.7 Å². The first-order chi connectivity index (χ1) is 19.3. The van der Waals surface area contributed by atoms with Crippen LogP contribution in [0, 0.1) is 0 Å². The molecule has 1 aromatic heterocycles. The molecule has 0 saturated heterocycles. The lowest BCUT2D eigenvalue weighted by molar-refractivity contribution is -0.109. The monoisotopic (exact) mass is 579 g/mol. The van der Waals surface area contributed by atoms with Crippen molar-refractivity contribution in [2.24, 2.45) is 4.99 Å². The number of halogens is 2. The Labute approximate surface area is 246 Å². The number of benzene rings is 2. The van der Waals surface area contributed by atoms with Crippen molar-refractivity contribution in [1.82, 2.24) is 15.2 Å². The van der Waals surface area contributed by atoms with Gasteiger partial charge in [0.25, 0.3) is 0 Å². The van der Waals surface area contributed by atoms with Crippen LogP contribution in [-0.2, 0) is 9.59 Å². The van der Waals surface area contributed by atoms with E-state index in [0.717, 1.165) is 12.0 Å². The number of nitrogens with zero attached hydrogens (tertiary/aromatic N) is 4. The van der Waals surface area contributed by atoms with E-state index in [2.05, 4.69) is 35.6 Å². The zero-order valence-corrected chi connectivity index (χ0v) is 24.8. The number of anilines is 2. The summed E-state index contributed by atoms with van der Waals surface area (Å²) >= 11 is 13.4. The van der Waals surface area contributed by atoms with Crippen molar-refractivity contribution in [2.45, 2.75) is 39.2 Å². The number of aromatic nitrogens is 1. The van der Waals surface area contributed by atoms with Crippen LogP contribution >= 0.6 is 23.2 Å². The van der Waals surface area contributed by atoms with Gasteiger partial charge in [-0.25, -0.2) is 4.98 Å². The highest BCUT2D eigenvalue weighted by Crippen LogP contribution is 2.39. The van der Waals surface area contributed by atoms with Crippen molar-refractivity contribution in [3.05, 3.63) is 88.4 Å². The zero-order chi connectivity index (χ0) is 29.2. The molecule has 3 aromatic rings. The molecule has 7 nitrogen and oxygen atoms in total. The first-order valence-corrected chi connectivity index (χ1v) is 13.8. The van der Waals surface area contributed by atoms with Crippen LogP contribution in [0.3, 0.4) is 0 Å². The van der Waals surface area contributed by atoms with Gasteiger partial charge in [0.2, 0.25) is 12.8 Å². The van der Waals surface area contributed by atoms with Crippen molar-refractivity contribution in [2.75, 3.05) is 25.0 Å². The molecule has 3 rings (SSSR count). The lowest BCUT2D eigenvalue weighted by Crippen LogP contribution is -2.45. The van der Waals surface area contributed by atoms with Crippen LogP contribution < -0.4 is 10.2 Å². The number of amidine groups is 1. The molecule has 1 N–H and O–H groups in total. The van der Waals surface area contributed by atoms with Crippen LogP contribution in [0.4, 0.5) is 11.5 Å².